The van der Waals surface area contributed by atoms with Gasteiger partial charge in [0.2, 0.25) is 5.91 Å². The van der Waals surface area contributed by atoms with E-state index in [2.05, 4.69) is 24.3 Å². The van der Waals surface area contributed by atoms with E-state index in [1.54, 1.807) is 6.07 Å². The van der Waals surface area contributed by atoms with Crippen LogP contribution < -0.4 is 11.1 Å². The van der Waals surface area contributed by atoms with Crippen molar-refractivity contribution < 1.29 is 4.79 Å². The van der Waals surface area contributed by atoms with Crippen molar-refractivity contribution in [2.75, 3.05) is 20.6 Å². The van der Waals surface area contributed by atoms with Crippen LogP contribution in [0.4, 0.5) is 0 Å². The Morgan fingerprint density at radius 3 is 2.65 bits per heavy atom. The van der Waals surface area contributed by atoms with Crippen molar-refractivity contribution in [1.82, 2.24) is 10.2 Å². The molecule has 1 aliphatic rings. The second kappa shape index (κ2) is 6.37. The molecule has 0 unspecified atom stereocenters. The fraction of sp³-hybridized carbons (Fsp3) is 0.562. The number of hydrogen-bond acceptors (Lipinski definition) is 3. The Kier molecular flexibility index (Phi) is 4.78. The highest BCUT2D eigenvalue weighted by molar-refractivity contribution is 5.92. The molecule has 0 atom stereocenters. The Labute approximate surface area is 121 Å². The summed E-state index contributed by atoms with van der Waals surface area (Å²) in [6, 6.07) is 7.53. The molecule has 0 aliphatic heterocycles. The average Bonchev–Trinajstić information content (AvgIpc) is 2.89. The van der Waals surface area contributed by atoms with Crippen molar-refractivity contribution in [2.45, 2.75) is 37.8 Å². The normalized spacial score (nSPS) is 17.6. The summed E-state index contributed by atoms with van der Waals surface area (Å²) < 4.78 is 0. The Morgan fingerprint density at radius 1 is 1.35 bits per heavy atom. The molecule has 0 heterocycles. The van der Waals surface area contributed by atoms with E-state index in [0.717, 1.165) is 18.7 Å². The summed E-state index contributed by atoms with van der Waals surface area (Å²) in [5, 5.41) is 3.54. The van der Waals surface area contributed by atoms with E-state index in [0.29, 0.717) is 11.1 Å². The molecule has 110 valence electrons. The van der Waals surface area contributed by atoms with Gasteiger partial charge in [0.1, 0.15) is 0 Å². The topological polar surface area (TPSA) is 58.4 Å². The van der Waals surface area contributed by atoms with Gasteiger partial charge in [0.25, 0.3) is 0 Å². The Bertz CT molecular complexity index is 465. The van der Waals surface area contributed by atoms with E-state index in [-0.39, 0.29) is 5.91 Å². The summed E-state index contributed by atoms with van der Waals surface area (Å²) >= 11 is 0. The molecule has 20 heavy (non-hydrogen) atoms. The van der Waals surface area contributed by atoms with Gasteiger partial charge in [-0.1, -0.05) is 25.0 Å². The molecule has 4 nitrogen and oxygen atoms in total. The third kappa shape index (κ3) is 3.38. The molecule has 1 aliphatic carbocycles. The average molecular weight is 275 g/mol. The summed E-state index contributed by atoms with van der Waals surface area (Å²) in [6.45, 7) is 1.76. The monoisotopic (exact) mass is 275 g/mol. The number of nitrogens with two attached hydrogens (primary N) is 1. The minimum absolute atomic E-state index is 0.293. The van der Waals surface area contributed by atoms with Gasteiger partial charge in [-0.25, -0.2) is 0 Å². The molecule has 2 rings (SSSR count). The highest BCUT2D eigenvalue weighted by Crippen LogP contribution is 2.33. The quantitative estimate of drug-likeness (QED) is 0.831. The summed E-state index contributed by atoms with van der Waals surface area (Å²) in [4.78, 5) is 13.5. The lowest BCUT2D eigenvalue weighted by Crippen LogP contribution is -2.49. The molecule has 4 heteroatoms. The van der Waals surface area contributed by atoms with Gasteiger partial charge in [-0.15, -0.1) is 0 Å². The number of carbonyl (C=O) groups excluding carboxylic acids is 1. The number of amides is 1. The summed E-state index contributed by atoms with van der Waals surface area (Å²) in [6.07, 6.45) is 5.15. The molecular formula is C16H25N3O. The number of likely N-dealkylation sites (N-methyl/N-ethyl adjacent to an activating group) is 1. The fourth-order valence-electron chi connectivity index (χ4n) is 3.09. The van der Waals surface area contributed by atoms with Gasteiger partial charge in [-0.2, -0.15) is 0 Å². The van der Waals surface area contributed by atoms with Crippen LogP contribution in [0.25, 0.3) is 0 Å². The minimum atomic E-state index is -0.368. The van der Waals surface area contributed by atoms with Gasteiger partial charge in [0.15, 0.2) is 0 Å². The first kappa shape index (κ1) is 15.0. The minimum Gasteiger partial charge on any atom is -0.366 e. The van der Waals surface area contributed by atoms with Crippen molar-refractivity contribution in [2.24, 2.45) is 5.73 Å². The van der Waals surface area contributed by atoms with Crippen LogP contribution in [-0.2, 0) is 6.54 Å². The van der Waals surface area contributed by atoms with Crippen LogP contribution in [0.15, 0.2) is 24.3 Å². The van der Waals surface area contributed by atoms with Gasteiger partial charge in [-0.05, 0) is 44.6 Å². The van der Waals surface area contributed by atoms with Crippen molar-refractivity contribution in [3.8, 4) is 0 Å². The fourth-order valence-corrected chi connectivity index (χ4v) is 3.09. The van der Waals surface area contributed by atoms with E-state index < -0.39 is 0 Å². The van der Waals surface area contributed by atoms with Gasteiger partial charge < -0.3 is 16.0 Å². The van der Waals surface area contributed by atoms with Crippen LogP contribution in [0.1, 0.15) is 41.6 Å². The smallest absolute Gasteiger partial charge is 0.248 e. The molecule has 1 saturated carbocycles. The van der Waals surface area contributed by atoms with Crippen LogP contribution in [0.3, 0.4) is 0 Å². The first-order chi connectivity index (χ1) is 9.53. The number of benzene rings is 1. The van der Waals surface area contributed by atoms with Crippen LogP contribution in [0.5, 0.6) is 0 Å². The number of nitrogens with one attached hydrogen (secondary N) is 1. The molecular weight excluding hydrogens is 250 g/mol. The van der Waals surface area contributed by atoms with E-state index in [1.807, 2.05) is 18.2 Å². The summed E-state index contributed by atoms with van der Waals surface area (Å²) in [5.41, 5.74) is 7.28. The predicted molar refractivity (Wildman–Crippen MR) is 81.6 cm³/mol. The van der Waals surface area contributed by atoms with Crippen LogP contribution >= 0.6 is 0 Å². The molecule has 1 fully saturated rings. The highest BCUT2D eigenvalue weighted by Gasteiger charge is 2.35. The van der Waals surface area contributed by atoms with E-state index in [9.17, 15) is 4.79 Å². The largest absolute Gasteiger partial charge is 0.366 e. The predicted octanol–water partition coefficient (Wildman–Crippen LogP) is 1.75. The van der Waals surface area contributed by atoms with Crippen molar-refractivity contribution in [3.63, 3.8) is 0 Å². The standard InChI is InChI=1S/C16H25N3O/c1-19(2)16(8-3-4-9-16)12-18-11-13-6-5-7-14(10-13)15(17)20/h5-7,10,18H,3-4,8-9,11-12H2,1-2H3,(H2,17,20). The Hall–Kier alpha value is -1.39. The molecule has 3 N–H and O–H groups in total. The molecule has 1 amide bonds. The first-order valence-corrected chi connectivity index (χ1v) is 7.30. The van der Waals surface area contributed by atoms with Gasteiger partial charge >= 0.3 is 0 Å². The van der Waals surface area contributed by atoms with Crippen LogP contribution in [0.2, 0.25) is 0 Å². The second-order valence-electron chi connectivity index (χ2n) is 5.99. The molecule has 0 radical (unpaired) electrons. The van der Waals surface area contributed by atoms with Gasteiger partial charge in [0, 0.05) is 24.2 Å². The Morgan fingerprint density at radius 2 is 2.05 bits per heavy atom. The second-order valence-corrected chi connectivity index (χ2v) is 5.99. The zero-order chi connectivity index (χ0) is 14.6. The van der Waals surface area contributed by atoms with E-state index >= 15 is 0 Å². The van der Waals surface area contributed by atoms with Crippen molar-refractivity contribution >= 4 is 5.91 Å². The molecule has 0 bridgehead atoms. The zero-order valence-electron chi connectivity index (χ0n) is 12.5. The zero-order valence-corrected chi connectivity index (χ0v) is 12.5. The maximum atomic E-state index is 11.2. The third-order valence-electron chi connectivity index (χ3n) is 4.48. The number of nitrogens with zero attached hydrogens (tertiary/aromatic N) is 1. The number of hydrogen-bond donors (Lipinski definition) is 2. The lowest BCUT2D eigenvalue weighted by Gasteiger charge is -2.36. The molecule has 0 saturated heterocycles. The van der Waals surface area contributed by atoms with E-state index in [4.69, 9.17) is 5.73 Å². The molecule has 1 aromatic rings. The van der Waals surface area contributed by atoms with E-state index in [1.165, 1.54) is 25.7 Å². The number of rotatable bonds is 6. The maximum absolute atomic E-state index is 11.2. The van der Waals surface area contributed by atoms with Gasteiger partial charge in [-0.3, -0.25) is 4.79 Å². The number of primary amides is 1. The van der Waals surface area contributed by atoms with Crippen LogP contribution in [-0.4, -0.2) is 37.0 Å². The molecule has 0 spiro atoms. The lowest BCUT2D eigenvalue weighted by atomic mass is 9.96. The van der Waals surface area contributed by atoms with Crippen molar-refractivity contribution in [1.29, 1.82) is 0 Å². The Balaban J connectivity index is 1.92. The summed E-state index contributed by atoms with van der Waals surface area (Å²) in [5.74, 6) is -0.368. The third-order valence-corrected chi connectivity index (χ3v) is 4.48. The summed E-state index contributed by atoms with van der Waals surface area (Å²) in [7, 11) is 4.33. The maximum Gasteiger partial charge on any atom is 0.248 e. The lowest BCUT2D eigenvalue weighted by molar-refractivity contribution is 0.1000. The van der Waals surface area contributed by atoms with Crippen molar-refractivity contribution in [3.05, 3.63) is 35.4 Å². The molecule has 1 aromatic carbocycles. The van der Waals surface area contributed by atoms with Gasteiger partial charge in [0.05, 0.1) is 0 Å². The molecule has 0 aromatic heterocycles. The number of carbonyl (C=O) groups is 1. The first-order valence-electron chi connectivity index (χ1n) is 7.30. The highest BCUT2D eigenvalue weighted by atomic mass is 16.1. The van der Waals surface area contributed by atoms with Crippen LogP contribution in [0, 0.1) is 0 Å². The SMILES string of the molecule is CN(C)C1(CNCc2cccc(C(N)=O)c2)CCCC1.